The van der Waals surface area contributed by atoms with Gasteiger partial charge in [0.05, 0.1) is 6.04 Å². The fraction of sp³-hybridized carbons (Fsp3) is 0.231. The highest BCUT2D eigenvalue weighted by molar-refractivity contribution is 5.46. The number of aromatic nitrogens is 5. The lowest BCUT2D eigenvalue weighted by Crippen LogP contribution is -2.10. The standard InChI is InChI=1S/C13H11FN6/c14-9-3-1-8-2-4-11(10(8)7-9)15-12-5-6-13-16-18-19-20(13)17-12/h1,3,5-7,11H,2,4H2,(H,15,17). The molecular formula is C13H11FN6. The van der Waals surface area contributed by atoms with Gasteiger partial charge in [0.25, 0.3) is 0 Å². The first-order chi connectivity index (χ1) is 9.79. The van der Waals surface area contributed by atoms with Crippen LogP contribution in [-0.4, -0.2) is 25.3 Å². The zero-order valence-electron chi connectivity index (χ0n) is 10.5. The topological polar surface area (TPSA) is 68.0 Å². The van der Waals surface area contributed by atoms with Crippen molar-refractivity contribution in [2.45, 2.75) is 18.9 Å². The minimum Gasteiger partial charge on any atom is -0.362 e. The third-order valence-electron chi connectivity index (χ3n) is 3.58. The average Bonchev–Trinajstić information content (AvgIpc) is 3.05. The lowest BCUT2D eigenvalue weighted by molar-refractivity contribution is 0.623. The average molecular weight is 270 g/mol. The smallest absolute Gasteiger partial charge is 0.200 e. The Kier molecular flexibility index (Phi) is 2.38. The third kappa shape index (κ3) is 1.78. The van der Waals surface area contributed by atoms with E-state index >= 15 is 0 Å². The Bertz CT molecular complexity index is 783. The fourth-order valence-electron chi connectivity index (χ4n) is 2.63. The number of hydrogen-bond donors (Lipinski definition) is 1. The third-order valence-corrected chi connectivity index (χ3v) is 3.58. The molecule has 6 nitrogen and oxygen atoms in total. The molecule has 2 aromatic heterocycles. The summed E-state index contributed by atoms with van der Waals surface area (Å²) in [6, 6.07) is 8.63. The van der Waals surface area contributed by atoms with Gasteiger partial charge in [0.15, 0.2) is 5.65 Å². The van der Waals surface area contributed by atoms with Gasteiger partial charge in [0.2, 0.25) is 0 Å². The van der Waals surface area contributed by atoms with Gasteiger partial charge in [-0.2, -0.15) is 0 Å². The van der Waals surface area contributed by atoms with Gasteiger partial charge in [-0.15, -0.1) is 14.8 Å². The van der Waals surface area contributed by atoms with Crippen molar-refractivity contribution in [3.05, 3.63) is 47.3 Å². The van der Waals surface area contributed by atoms with Gasteiger partial charge in [0, 0.05) is 0 Å². The van der Waals surface area contributed by atoms with Gasteiger partial charge in [0.1, 0.15) is 11.6 Å². The fourth-order valence-corrected chi connectivity index (χ4v) is 2.63. The van der Waals surface area contributed by atoms with E-state index in [4.69, 9.17) is 0 Å². The molecule has 1 atom stereocenters. The van der Waals surface area contributed by atoms with Crippen molar-refractivity contribution in [3.8, 4) is 0 Å². The van der Waals surface area contributed by atoms with Crippen molar-refractivity contribution in [1.29, 1.82) is 0 Å². The van der Waals surface area contributed by atoms with Crippen LogP contribution >= 0.6 is 0 Å². The molecule has 0 amide bonds. The second kappa shape index (κ2) is 4.22. The van der Waals surface area contributed by atoms with Crippen LogP contribution in [0.2, 0.25) is 0 Å². The maximum absolute atomic E-state index is 13.4. The molecule has 0 saturated carbocycles. The number of nitrogens with one attached hydrogen (secondary N) is 1. The molecule has 1 aliphatic rings. The second-order valence-corrected chi connectivity index (χ2v) is 4.82. The molecule has 0 saturated heterocycles. The summed E-state index contributed by atoms with van der Waals surface area (Å²) >= 11 is 0. The van der Waals surface area contributed by atoms with Crippen LogP contribution < -0.4 is 5.32 Å². The molecule has 0 bridgehead atoms. The lowest BCUT2D eigenvalue weighted by Gasteiger charge is -2.14. The molecule has 20 heavy (non-hydrogen) atoms. The zero-order chi connectivity index (χ0) is 13.5. The van der Waals surface area contributed by atoms with E-state index in [1.54, 1.807) is 12.1 Å². The highest BCUT2D eigenvalue weighted by atomic mass is 19.1. The van der Waals surface area contributed by atoms with Crippen molar-refractivity contribution in [2.75, 3.05) is 5.32 Å². The Morgan fingerprint density at radius 3 is 3.15 bits per heavy atom. The number of halogens is 1. The van der Waals surface area contributed by atoms with Crippen LogP contribution in [0.4, 0.5) is 10.2 Å². The largest absolute Gasteiger partial charge is 0.362 e. The molecule has 1 aliphatic carbocycles. The van der Waals surface area contributed by atoms with Crippen molar-refractivity contribution in [1.82, 2.24) is 25.3 Å². The highest BCUT2D eigenvalue weighted by Gasteiger charge is 2.23. The molecule has 100 valence electrons. The van der Waals surface area contributed by atoms with Gasteiger partial charge in [-0.25, -0.2) is 4.39 Å². The molecule has 0 aliphatic heterocycles. The summed E-state index contributed by atoms with van der Waals surface area (Å²) in [5, 5.41) is 18.7. The number of aryl methyl sites for hydroxylation is 1. The maximum Gasteiger partial charge on any atom is 0.200 e. The summed E-state index contributed by atoms with van der Waals surface area (Å²) in [5.74, 6) is 0.466. The first-order valence-electron chi connectivity index (χ1n) is 6.40. The molecule has 1 N–H and O–H groups in total. The van der Waals surface area contributed by atoms with Crippen molar-refractivity contribution in [3.63, 3.8) is 0 Å². The Morgan fingerprint density at radius 1 is 1.25 bits per heavy atom. The predicted molar refractivity (Wildman–Crippen MR) is 69.7 cm³/mol. The Morgan fingerprint density at radius 2 is 2.20 bits per heavy atom. The molecule has 0 radical (unpaired) electrons. The normalized spacial score (nSPS) is 17.4. The number of fused-ring (bicyclic) bond motifs is 2. The molecular weight excluding hydrogens is 259 g/mol. The first-order valence-corrected chi connectivity index (χ1v) is 6.40. The van der Waals surface area contributed by atoms with E-state index in [0.29, 0.717) is 11.5 Å². The van der Waals surface area contributed by atoms with Crippen LogP contribution in [0.3, 0.4) is 0 Å². The van der Waals surface area contributed by atoms with Crippen molar-refractivity contribution >= 4 is 11.5 Å². The van der Waals surface area contributed by atoms with Crippen LogP contribution in [0, 0.1) is 5.82 Å². The molecule has 0 spiro atoms. The van der Waals surface area contributed by atoms with E-state index in [1.807, 2.05) is 12.1 Å². The lowest BCUT2D eigenvalue weighted by atomic mass is 10.1. The number of tetrazole rings is 1. The summed E-state index contributed by atoms with van der Waals surface area (Å²) in [6.45, 7) is 0. The second-order valence-electron chi connectivity index (χ2n) is 4.82. The Balaban J connectivity index is 1.65. The van der Waals surface area contributed by atoms with Gasteiger partial charge < -0.3 is 5.32 Å². The monoisotopic (exact) mass is 270 g/mol. The zero-order valence-corrected chi connectivity index (χ0v) is 10.5. The Hall–Kier alpha value is -2.57. The summed E-state index contributed by atoms with van der Waals surface area (Å²) in [7, 11) is 0. The summed E-state index contributed by atoms with van der Waals surface area (Å²) < 4.78 is 14.7. The van der Waals surface area contributed by atoms with E-state index in [-0.39, 0.29) is 11.9 Å². The number of rotatable bonds is 2. The quantitative estimate of drug-likeness (QED) is 0.768. The van der Waals surface area contributed by atoms with Crippen molar-refractivity contribution < 1.29 is 4.39 Å². The van der Waals surface area contributed by atoms with E-state index in [9.17, 15) is 4.39 Å². The number of benzene rings is 1. The summed E-state index contributed by atoms with van der Waals surface area (Å²) in [5.41, 5.74) is 2.78. The molecule has 7 heteroatoms. The predicted octanol–water partition coefficient (Wildman–Crippen LogP) is 1.76. The molecule has 2 heterocycles. The first kappa shape index (κ1) is 11.3. The molecule has 1 aromatic carbocycles. The van der Waals surface area contributed by atoms with E-state index in [2.05, 4.69) is 25.9 Å². The van der Waals surface area contributed by atoms with E-state index in [1.165, 1.54) is 16.3 Å². The summed E-state index contributed by atoms with van der Waals surface area (Å²) in [6.07, 6.45) is 1.87. The SMILES string of the molecule is Fc1ccc2c(c1)C(Nc1ccc3nnnn3n1)CC2. The van der Waals surface area contributed by atoms with Crippen LogP contribution in [0.15, 0.2) is 30.3 Å². The van der Waals surface area contributed by atoms with Crippen LogP contribution in [0.25, 0.3) is 5.65 Å². The number of nitrogens with zero attached hydrogens (tertiary/aromatic N) is 5. The minimum atomic E-state index is -0.207. The van der Waals surface area contributed by atoms with Crippen molar-refractivity contribution in [2.24, 2.45) is 0 Å². The van der Waals surface area contributed by atoms with Gasteiger partial charge in [-0.1, -0.05) is 6.07 Å². The number of hydrogen-bond acceptors (Lipinski definition) is 5. The highest BCUT2D eigenvalue weighted by Crippen LogP contribution is 2.33. The summed E-state index contributed by atoms with van der Waals surface area (Å²) in [4.78, 5) is 0. The number of anilines is 1. The molecule has 3 aromatic rings. The van der Waals surface area contributed by atoms with Gasteiger partial charge in [-0.3, -0.25) is 0 Å². The molecule has 0 fully saturated rings. The van der Waals surface area contributed by atoms with Gasteiger partial charge >= 0.3 is 0 Å². The van der Waals surface area contributed by atoms with E-state index < -0.39 is 0 Å². The van der Waals surface area contributed by atoms with E-state index in [0.717, 1.165) is 18.4 Å². The molecule has 1 unspecified atom stereocenters. The molecule has 4 rings (SSSR count). The minimum absolute atomic E-state index is 0.0714. The Labute approximate surface area is 113 Å². The van der Waals surface area contributed by atoms with Crippen LogP contribution in [-0.2, 0) is 6.42 Å². The maximum atomic E-state index is 13.4. The van der Waals surface area contributed by atoms with Crippen LogP contribution in [0.1, 0.15) is 23.6 Å². The van der Waals surface area contributed by atoms with Crippen LogP contribution in [0.5, 0.6) is 0 Å². The van der Waals surface area contributed by atoms with Gasteiger partial charge in [-0.05, 0) is 58.7 Å².